The number of H-pyrrole nitrogens is 1. The third-order valence-corrected chi connectivity index (χ3v) is 8.00. The topological polar surface area (TPSA) is 140 Å². The number of pyridine rings is 2. The molecule has 0 unspecified atom stereocenters. The number of benzene rings is 2. The minimum absolute atomic E-state index is 0.166. The maximum absolute atomic E-state index is 13.3. The molecule has 6 aromatic rings. The van der Waals surface area contributed by atoms with Gasteiger partial charge in [-0.1, -0.05) is 25.0 Å². The molecule has 11 heteroatoms. The van der Waals surface area contributed by atoms with Gasteiger partial charge in [-0.2, -0.15) is 5.10 Å². The van der Waals surface area contributed by atoms with Crippen molar-refractivity contribution in [3.63, 3.8) is 0 Å². The van der Waals surface area contributed by atoms with E-state index in [4.69, 9.17) is 5.10 Å². The standard InChI is InChI=1S/C32H28N8O3/c1-39-30-22(17-33-18-34-30)15-25(31(39)42)20-7-4-8-23(13-20)35-32(43)37-28-16-27(19-5-2-3-6-19)38-40(28)24-10-11-26-21(14-24)9-12-29(41)36-26/h4,7-19H,2-3,5-6H2,1H3,(H,36,41)(H2,35,37,43). The molecular weight excluding hydrogens is 544 g/mol. The molecule has 1 aliphatic carbocycles. The van der Waals surface area contributed by atoms with Gasteiger partial charge in [-0.05, 0) is 60.9 Å². The molecule has 4 aromatic heterocycles. The van der Waals surface area contributed by atoms with E-state index in [1.54, 1.807) is 48.3 Å². The Balaban J connectivity index is 1.19. The van der Waals surface area contributed by atoms with Gasteiger partial charge in [0, 0.05) is 58.8 Å². The largest absolute Gasteiger partial charge is 0.324 e. The number of hydrogen-bond donors (Lipinski definition) is 3. The van der Waals surface area contributed by atoms with Gasteiger partial charge in [0.25, 0.3) is 5.56 Å². The molecule has 0 atom stereocenters. The van der Waals surface area contributed by atoms with Gasteiger partial charge in [-0.25, -0.2) is 19.4 Å². The molecule has 0 radical (unpaired) electrons. The first-order chi connectivity index (χ1) is 20.9. The van der Waals surface area contributed by atoms with Crippen LogP contribution in [0.2, 0.25) is 0 Å². The van der Waals surface area contributed by atoms with Gasteiger partial charge >= 0.3 is 6.03 Å². The molecule has 11 nitrogen and oxygen atoms in total. The van der Waals surface area contributed by atoms with Crippen molar-refractivity contribution in [2.75, 3.05) is 10.6 Å². The van der Waals surface area contributed by atoms with Gasteiger partial charge in [0.15, 0.2) is 0 Å². The number of carbonyl (C=O) groups is 1. The van der Waals surface area contributed by atoms with Gasteiger partial charge in [-0.15, -0.1) is 0 Å². The highest BCUT2D eigenvalue weighted by Crippen LogP contribution is 2.35. The lowest BCUT2D eigenvalue weighted by Crippen LogP contribution is -2.22. The SMILES string of the molecule is Cn1c(=O)c(-c2cccc(NC(=O)Nc3cc(C4CCCC4)nn3-c3ccc4[nH]c(=O)ccc4c3)c2)cc2cncnc21. The van der Waals surface area contributed by atoms with Crippen LogP contribution in [0.4, 0.5) is 16.3 Å². The van der Waals surface area contributed by atoms with Crippen molar-refractivity contribution in [3.05, 3.63) is 106 Å². The van der Waals surface area contributed by atoms with E-state index in [1.165, 1.54) is 17.0 Å². The molecule has 0 bridgehead atoms. The summed E-state index contributed by atoms with van der Waals surface area (Å²) in [6.45, 7) is 0. The zero-order valence-corrected chi connectivity index (χ0v) is 23.4. The number of rotatable bonds is 5. The number of nitrogens with zero attached hydrogens (tertiary/aromatic N) is 5. The number of hydrogen-bond acceptors (Lipinski definition) is 6. The van der Waals surface area contributed by atoms with Crippen LogP contribution >= 0.6 is 0 Å². The van der Waals surface area contributed by atoms with Crippen LogP contribution in [-0.2, 0) is 7.05 Å². The van der Waals surface area contributed by atoms with E-state index >= 15 is 0 Å². The molecule has 3 N–H and O–H groups in total. The number of aromatic amines is 1. The lowest BCUT2D eigenvalue weighted by molar-refractivity contribution is 0.262. The first-order valence-electron chi connectivity index (χ1n) is 14.1. The predicted octanol–water partition coefficient (Wildman–Crippen LogP) is 5.32. The first-order valence-corrected chi connectivity index (χ1v) is 14.1. The van der Waals surface area contributed by atoms with Crippen LogP contribution in [0.3, 0.4) is 0 Å². The van der Waals surface area contributed by atoms with E-state index in [2.05, 4.69) is 25.6 Å². The Morgan fingerprint density at radius 1 is 0.953 bits per heavy atom. The summed E-state index contributed by atoms with van der Waals surface area (Å²) in [6.07, 6.45) is 7.53. The molecule has 2 amide bonds. The summed E-state index contributed by atoms with van der Waals surface area (Å²) in [7, 11) is 1.68. The van der Waals surface area contributed by atoms with Crippen molar-refractivity contribution in [1.29, 1.82) is 0 Å². The summed E-state index contributed by atoms with van der Waals surface area (Å²) in [5, 5.41) is 12.4. The van der Waals surface area contributed by atoms with Crippen LogP contribution < -0.4 is 21.8 Å². The molecule has 4 heterocycles. The Morgan fingerprint density at radius 2 is 1.81 bits per heavy atom. The van der Waals surface area contributed by atoms with E-state index in [9.17, 15) is 14.4 Å². The van der Waals surface area contributed by atoms with Crippen LogP contribution in [-0.4, -0.2) is 35.3 Å². The average molecular weight is 573 g/mol. The Bertz CT molecular complexity index is 2140. The summed E-state index contributed by atoms with van der Waals surface area (Å²) in [4.78, 5) is 49.3. The Hall–Kier alpha value is -5.58. The van der Waals surface area contributed by atoms with Gasteiger partial charge in [0.2, 0.25) is 5.56 Å². The van der Waals surface area contributed by atoms with Gasteiger partial charge in [0.1, 0.15) is 17.8 Å². The molecule has 0 aliphatic heterocycles. The van der Waals surface area contributed by atoms with E-state index in [-0.39, 0.29) is 11.1 Å². The second kappa shape index (κ2) is 10.7. The van der Waals surface area contributed by atoms with Crippen molar-refractivity contribution in [2.24, 2.45) is 7.05 Å². The molecular formula is C32H28N8O3. The van der Waals surface area contributed by atoms with E-state index < -0.39 is 6.03 Å². The number of aromatic nitrogens is 6. The summed E-state index contributed by atoms with van der Waals surface area (Å²) >= 11 is 0. The van der Waals surface area contributed by atoms with Crippen LogP contribution in [0.25, 0.3) is 38.8 Å². The molecule has 1 aliphatic rings. The molecule has 0 saturated heterocycles. The van der Waals surface area contributed by atoms with Crippen molar-refractivity contribution >= 4 is 39.5 Å². The fourth-order valence-electron chi connectivity index (χ4n) is 5.84. The summed E-state index contributed by atoms with van der Waals surface area (Å²) in [5.74, 6) is 0.871. The predicted molar refractivity (Wildman–Crippen MR) is 166 cm³/mol. The number of urea groups is 1. The average Bonchev–Trinajstić information content (AvgIpc) is 3.70. The monoisotopic (exact) mass is 572 g/mol. The van der Waals surface area contributed by atoms with E-state index in [0.29, 0.717) is 34.2 Å². The Labute approximate surface area is 245 Å². The summed E-state index contributed by atoms with van der Waals surface area (Å²) in [6, 6.07) is 19.3. The molecule has 1 saturated carbocycles. The van der Waals surface area contributed by atoms with Crippen molar-refractivity contribution < 1.29 is 4.79 Å². The lowest BCUT2D eigenvalue weighted by atomic mass is 10.0. The molecule has 214 valence electrons. The van der Waals surface area contributed by atoms with Crippen LogP contribution in [0.15, 0.2) is 88.8 Å². The Kier molecular flexibility index (Phi) is 6.54. The zero-order valence-electron chi connectivity index (χ0n) is 23.4. The number of amides is 2. The zero-order chi connectivity index (χ0) is 29.5. The number of nitrogens with one attached hydrogen (secondary N) is 3. The van der Waals surface area contributed by atoms with Crippen molar-refractivity contribution in [2.45, 2.75) is 31.6 Å². The Morgan fingerprint density at radius 3 is 2.67 bits per heavy atom. The van der Waals surface area contributed by atoms with Gasteiger partial charge in [-0.3, -0.25) is 19.5 Å². The molecule has 7 rings (SSSR count). The minimum atomic E-state index is -0.443. The quantitative estimate of drug-likeness (QED) is 0.255. The van der Waals surface area contributed by atoms with Gasteiger partial charge < -0.3 is 10.3 Å². The highest BCUT2D eigenvalue weighted by molar-refractivity contribution is 6.00. The smallest absolute Gasteiger partial charge is 0.322 e. The molecule has 43 heavy (non-hydrogen) atoms. The number of aryl methyl sites for hydroxylation is 1. The summed E-state index contributed by atoms with van der Waals surface area (Å²) < 4.78 is 3.22. The highest BCUT2D eigenvalue weighted by Gasteiger charge is 2.23. The number of carbonyl (C=O) groups excluding carboxylic acids is 1. The van der Waals surface area contributed by atoms with Crippen LogP contribution in [0, 0.1) is 0 Å². The fourth-order valence-corrected chi connectivity index (χ4v) is 5.84. The second-order valence-electron chi connectivity index (χ2n) is 10.8. The lowest BCUT2D eigenvalue weighted by Gasteiger charge is -2.12. The van der Waals surface area contributed by atoms with Gasteiger partial charge in [0.05, 0.1) is 11.4 Å². The van der Waals surface area contributed by atoms with Crippen molar-refractivity contribution in [1.82, 2.24) is 29.3 Å². The number of anilines is 2. The normalized spacial score (nSPS) is 13.5. The third-order valence-electron chi connectivity index (χ3n) is 8.00. The maximum Gasteiger partial charge on any atom is 0.324 e. The molecule has 2 aromatic carbocycles. The minimum Gasteiger partial charge on any atom is -0.322 e. The van der Waals surface area contributed by atoms with E-state index in [0.717, 1.165) is 53.4 Å². The second-order valence-corrected chi connectivity index (χ2v) is 10.8. The van der Waals surface area contributed by atoms with Crippen LogP contribution in [0.5, 0.6) is 0 Å². The maximum atomic E-state index is 13.3. The fraction of sp³-hybridized carbons (Fsp3) is 0.188. The van der Waals surface area contributed by atoms with Crippen LogP contribution in [0.1, 0.15) is 37.3 Å². The first kappa shape index (κ1) is 26.3. The van der Waals surface area contributed by atoms with Crippen molar-refractivity contribution in [3.8, 4) is 16.8 Å². The molecule has 1 fully saturated rings. The summed E-state index contributed by atoms with van der Waals surface area (Å²) in [5.41, 5.74) is 4.27. The molecule has 0 spiro atoms. The number of fused-ring (bicyclic) bond motifs is 2. The van der Waals surface area contributed by atoms with E-state index in [1.807, 2.05) is 30.3 Å². The highest BCUT2D eigenvalue weighted by atomic mass is 16.2. The third kappa shape index (κ3) is 5.05.